The van der Waals surface area contributed by atoms with Crippen LogP contribution in [0.3, 0.4) is 0 Å². The van der Waals surface area contributed by atoms with E-state index in [1.165, 1.54) is 6.07 Å². The van der Waals surface area contributed by atoms with Crippen LogP contribution in [0.1, 0.15) is 6.92 Å². The Morgan fingerprint density at radius 2 is 1.68 bits per heavy atom. The summed E-state index contributed by atoms with van der Waals surface area (Å²) in [5, 5.41) is 0. The first-order valence-electron chi connectivity index (χ1n) is 6.84. The quantitative estimate of drug-likeness (QED) is 0.829. The third-order valence-corrected chi connectivity index (χ3v) is 4.43. The van der Waals surface area contributed by atoms with Crippen molar-refractivity contribution in [1.82, 2.24) is 4.72 Å². The Hall–Kier alpha value is -2.18. The van der Waals surface area contributed by atoms with Gasteiger partial charge in [-0.15, -0.1) is 0 Å². The summed E-state index contributed by atoms with van der Waals surface area (Å²) in [5.74, 6) is -0.608. The number of nitrogens with one attached hydrogen (secondary N) is 1. The molecule has 116 valence electrons. The molecule has 0 saturated heterocycles. The van der Waals surface area contributed by atoms with Gasteiger partial charge in [0.25, 0.3) is 0 Å². The van der Waals surface area contributed by atoms with Gasteiger partial charge in [-0.3, -0.25) is 4.79 Å². The second kappa shape index (κ2) is 7.20. The summed E-state index contributed by atoms with van der Waals surface area (Å²) in [6.07, 6.45) is 0. The average molecular weight is 319 g/mol. The summed E-state index contributed by atoms with van der Waals surface area (Å²) < 4.78 is 31.8. The van der Waals surface area contributed by atoms with E-state index in [2.05, 4.69) is 4.72 Å². The molecule has 0 spiro atoms. The lowest BCUT2D eigenvalue weighted by atomic mass is 10.1. The molecule has 0 atom stereocenters. The first-order chi connectivity index (χ1) is 10.5. The molecule has 22 heavy (non-hydrogen) atoms. The van der Waals surface area contributed by atoms with Crippen LogP contribution in [-0.2, 0) is 19.6 Å². The van der Waals surface area contributed by atoms with Crippen molar-refractivity contribution in [2.45, 2.75) is 11.8 Å². The molecule has 0 aliphatic carbocycles. The molecule has 0 saturated carbocycles. The van der Waals surface area contributed by atoms with Crippen LogP contribution in [-0.4, -0.2) is 27.5 Å². The number of hydrogen-bond donors (Lipinski definition) is 1. The highest BCUT2D eigenvalue weighted by molar-refractivity contribution is 7.89. The Balaban J connectivity index is 2.30. The number of hydrogen-bond acceptors (Lipinski definition) is 4. The topological polar surface area (TPSA) is 72.5 Å². The van der Waals surface area contributed by atoms with Crippen LogP contribution >= 0.6 is 0 Å². The minimum absolute atomic E-state index is 0.130. The number of rotatable bonds is 6. The lowest BCUT2D eigenvalue weighted by molar-refractivity contribution is -0.141. The Morgan fingerprint density at radius 1 is 1.05 bits per heavy atom. The van der Waals surface area contributed by atoms with Crippen LogP contribution in [0.5, 0.6) is 0 Å². The molecule has 0 unspecified atom stereocenters. The largest absolute Gasteiger partial charge is 0.465 e. The number of benzene rings is 2. The highest BCUT2D eigenvalue weighted by Gasteiger charge is 2.20. The van der Waals surface area contributed by atoms with Crippen LogP contribution in [0.2, 0.25) is 0 Å². The van der Waals surface area contributed by atoms with Gasteiger partial charge in [0.1, 0.15) is 6.54 Å². The van der Waals surface area contributed by atoms with Gasteiger partial charge in [-0.25, -0.2) is 8.42 Å². The minimum Gasteiger partial charge on any atom is -0.465 e. The standard InChI is InChI=1S/C16H17NO4S/c1-2-21-16(18)12-17-22(19,20)15-11-7-6-10-14(15)13-8-4-3-5-9-13/h3-11,17H,2,12H2,1H3. The molecule has 0 radical (unpaired) electrons. The first-order valence-corrected chi connectivity index (χ1v) is 8.32. The third kappa shape index (κ3) is 3.93. The van der Waals surface area contributed by atoms with Gasteiger partial charge >= 0.3 is 5.97 Å². The Kier molecular flexibility index (Phi) is 5.30. The summed E-state index contributed by atoms with van der Waals surface area (Å²) in [4.78, 5) is 11.5. The van der Waals surface area contributed by atoms with E-state index in [1.807, 2.05) is 30.3 Å². The Labute approximate surface area is 130 Å². The summed E-state index contributed by atoms with van der Waals surface area (Å²) in [6.45, 7) is 1.48. The van der Waals surface area contributed by atoms with Gasteiger partial charge in [0.15, 0.2) is 0 Å². The van der Waals surface area contributed by atoms with Crippen LogP contribution in [0.4, 0.5) is 0 Å². The summed E-state index contributed by atoms with van der Waals surface area (Å²) in [6, 6.07) is 15.9. The zero-order chi connectivity index (χ0) is 16.0. The monoisotopic (exact) mass is 319 g/mol. The van der Waals surface area contributed by atoms with Crippen molar-refractivity contribution in [3.05, 3.63) is 54.6 Å². The molecule has 0 aromatic heterocycles. The fourth-order valence-corrected chi connectivity index (χ4v) is 3.20. The molecular formula is C16H17NO4S. The van der Waals surface area contributed by atoms with Gasteiger partial charge in [0.2, 0.25) is 10.0 Å². The van der Waals surface area contributed by atoms with Crippen molar-refractivity contribution in [3.8, 4) is 11.1 Å². The third-order valence-electron chi connectivity index (χ3n) is 2.97. The molecule has 0 bridgehead atoms. The molecule has 5 nitrogen and oxygen atoms in total. The first kappa shape index (κ1) is 16.2. The summed E-state index contributed by atoms with van der Waals surface area (Å²) in [7, 11) is -3.80. The predicted molar refractivity (Wildman–Crippen MR) is 83.7 cm³/mol. The summed E-state index contributed by atoms with van der Waals surface area (Å²) >= 11 is 0. The molecule has 0 amide bonds. The molecule has 2 aromatic carbocycles. The fourth-order valence-electron chi connectivity index (χ4n) is 2.00. The van der Waals surface area contributed by atoms with E-state index in [0.717, 1.165) is 5.56 Å². The fraction of sp³-hybridized carbons (Fsp3) is 0.188. The second-order valence-electron chi connectivity index (χ2n) is 4.49. The van der Waals surface area contributed by atoms with Gasteiger partial charge in [0.05, 0.1) is 11.5 Å². The molecule has 1 N–H and O–H groups in total. The van der Waals surface area contributed by atoms with E-state index in [-0.39, 0.29) is 18.0 Å². The van der Waals surface area contributed by atoms with Crippen molar-refractivity contribution in [2.24, 2.45) is 0 Å². The molecule has 2 rings (SSSR count). The van der Waals surface area contributed by atoms with Crippen LogP contribution < -0.4 is 4.72 Å². The number of ether oxygens (including phenoxy) is 1. The normalized spacial score (nSPS) is 11.1. The van der Waals surface area contributed by atoms with E-state index in [0.29, 0.717) is 5.56 Å². The number of carbonyl (C=O) groups is 1. The van der Waals surface area contributed by atoms with Crippen molar-refractivity contribution in [2.75, 3.05) is 13.2 Å². The highest BCUT2D eigenvalue weighted by Crippen LogP contribution is 2.26. The Morgan fingerprint density at radius 3 is 2.36 bits per heavy atom. The van der Waals surface area contributed by atoms with Gasteiger partial charge < -0.3 is 4.74 Å². The van der Waals surface area contributed by atoms with Gasteiger partial charge in [-0.1, -0.05) is 48.5 Å². The van der Waals surface area contributed by atoms with Gasteiger partial charge in [0, 0.05) is 5.56 Å². The lowest BCUT2D eigenvalue weighted by Gasteiger charge is -2.11. The van der Waals surface area contributed by atoms with E-state index in [9.17, 15) is 13.2 Å². The van der Waals surface area contributed by atoms with Crippen molar-refractivity contribution < 1.29 is 17.9 Å². The SMILES string of the molecule is CCOC(=O)CNS(=O)(=O)c1ccccc1-c1ccccc1. The maximum atomic E-state index is 12.4. The summed E-state index contributed by atoms with van der Waals surface area (Å²) in [5.41, 5.74) is 1.37. The molecule has 0 aliphatic heterocycles. The van der Waals surface area contributed by atoms with Gasteiger partial charge in [-0.2, -0.15) is 4.72 Å². The van der Waals surface area contributed by atoms with E-state index in [1.54, 1.807) is 25.1 Å². The lowest BCUT2D eigenvalue weighted by Crippen LogP contribution is -2.31. The van der Waals surface area contributed by atoms with E-state index < -0.39 is 16.0 Å². The smallest absolute Gasteiger partial charge is 0.321 e. The van der Waals surface area contributed by atoms with E-state index in [4.69, 9.17) is 4.74 Å². The molecular weight excluding hydrogens is 302 g/mol. The number of esters is 1. The molecule has 6 heteroatoms. The maximum absolute atomic E-state index is 12.4. The Bertz CT molecular complexity index is 742. The zero-order valence-corrected chi connectivity index (χ0v) is 13.0. The van der Waals surface area contributed by atoms with Crippen molar-refractivity contribution in [3.63, 3.8) is 0 Å². The molecule has 2 aromatic rings. The highest BCUT2D eigenvalue weighted by atomic mass is 32.2. The van der Waals surface area contributed by atoms with Crippen molar-refractivity contribution >= 4 is 16.0 Å². The number of carbonyl (C=O) groups excluding carboxylic acids is 1. The molecule has 0 fully saturated rings. The zero-order valence-electron chi connectivity index (χ0n) is 12.2. The maximum Gasteiger partial charge on any atom is 0.321 e. The van der Waals surface area contributed by atoms with Crippen molar-refractivity contribution in [1.29, 1.82) is 0 Å². The molecule has 0 aliphatic rings. The molecule has 0 heterocycles. The predicted octanol–water partition coefficient (Wildman–Crippen LogP) is 2.19. The average Bonchev–Trinajstić information content (AvgIpc) is 2.54. The van der Waals surface area contributed by atoms with Crippen LogP contribution in [0.25, 0.3) is 11.1 Å². The van der Waals surface area contributed by atoms with Crippen LogP contribution in [0.15, 0.2) is 59.5 Å². The number of sulfonamides is 1. The minimum atomic E-state index is -3.80. The van der Waals surface area contributed by atoms with E-state index >= 15 is 0 Å². The second-order valence-corrected chi connectivity index (χ2v) is 6.23. The van der Waals surface area contributed by atoms with Crippen LogP contribution in [0, 0.1) is 0 Å². The van der Waals surface area contributed by atoms with Gasteiger partial charge in [-0.05, 0) is 18.6 Å².